The maximum atomic E-state index is 14.2. The topological polar surface area (TPSA) is 227 Å². The summed E-state index contributed by atoms with van der Waals surface area (Å²) >= 11 is 6.66. The van der Waals surface area contributed by atoms with Crippen molar-refractivity contribution in [2.24, 2.45) is 22.7 Å². The number of benzene rings is 1. The fourth-order valence-electron chi connectivity index (χ4n) is 6.93. The number of nitrogens with one attached hydrogen (secondary N) is 3. The second kappa shape index (κ2) is 15.0. The lowest BCUT2D eigenvalue weighted by molar-refractivity contribution is -0.138. The zero-order valence-corrected chi connectivity index (χ0v) is 28.5. The lowest BCUT2D eigenvalue weighted by Gasteiger charge is -2.36. The first-order valence-corrected chi connectivity index (χ1v) is 18.0. The van der Waals surface area contributed by atoms with Crippen molar-refractivity contribution in [3.63, 3.8) is 0 Å². The minimum atomic E-state index is -3.30. The van der Waals surface area contributed by atoms with E-state index in [9.17, 15) is 27.6 Å². The van der Waals surface area contributed by atoms with Gasteiger partial charge in [-0.05, 0) is 56.1 Å². The predicted molar refractivity (Wildman–Crippen MR) is 178 cm³/mol. The molecule has 3 aliphatic heterocycles. The first-order chi connectivity index (χ1) is 23.2. The molecular formula is C30H39ClN8O9S. The van der Waals surface area contributed by atoms with E-state index in [1.165, 1.54) is 22.6 Å². The number of guanidine groups is 1. The number of sulfonamides is 1. The zero-order valence-electron chi connectivity index (χ0n) is 27.0. The molecule has 266 valence electrons. The van der Waals surface area contributed by atoms with Crippen molar-refractivity contribution in [3.8, 4) is 11.3 Å². The van der Waals surface area contributed by atoms with Gasteiger partial charge in [0.1, 0.15) is 16.7 Å². The summed E-state index contributed by atoms with van der Waals surface area (Å²) in [5, 5.41) is 23.1. The number of H-pyrrole nitrogens is 1. The molecule has 1 aromatic carbocycles. The molecule has 2 atom stereocenters. The summed E-state index contributed by atoms with van der Waals surface area (Å²) in [5.41, 5.74) is 1.68. The number of hydrogen-bond donors (Lipinski definition) is 5. The molecule has 0 unspecified atom stereocenters. The average Bonchev–Trinajstić information content (AvgIpc) is 3.68. The SMILES string of the molecule is COC(=O)Nc1ccc(-c2nc([C@@H]3C[C@H](C4CCN(S(C)(=O)=O)CC4)CN3C(=O)C3CCN(C(=NC(=O)O)NC(=O)O)CC3)[nH]c2Cl)cc1. The van der Waals surface area contributed by atoms with E-state index in [2.05, 4.69) is 20.0 Å². The highest BCUT2D eigenvalue weighted by Crippen LogP contribution is 2.43. The Balaban J connectivity index is 1.36. The van der Waals surface area contributed by atoms with Gasteiger partial charge >= 0.3 is 18.3 Å². The van der Waals surface area contributed by atoms with Crippen LogP contribution < -0.4 is 10.6 Å². The number of carbonyl (C=O) groups is 4. The van der Waals surface area contributed by atoms with Crippen LogP contribution in [0, 0.1) is 17.8 Å². The number of ether oxygens (including phenoxy) is 1. The van der Waals surface area contributed by atoms with Gasteiger partial charge in [-0.1, -0.05) is 23.7 Å². The van der Waals surface area contributed by atoms with Crippen molar-refractivity contribution >= 4 is 57.5 Å². The highest BCUT2D eigenvalue weighted by molar-refractivity contribution is 7.88. The number of nitrogens with zero attached hydrogens (tertiary/aromatic N) is 5. The maximum Gasteiger partial charge on any atom is 0.434 e. The number of methoxy groups -OCH3 is 1. The molecule has 4 amide bonds. The highest BCUT2D eigenvalue weighted by Gasteiger charge is 2.44. The first-order valence-electron chi connectivity index (χ1n) is 15.8. The third-order valence-corrected chi connectivity index (χ3v) is 11.0. The van der Waals surface area contributed by atoms with Crippen molar-refractivity contribution in [2.45, 2.75) is 38.1 Å². The zero-order chi connectivity index (χ0) is 35.5. The molecule has 1 aromatic heterocycles. The van der Waals surface area contributed by atoms with E-state index in [1.807, 2.05) is 10.2 Å². The molecule has 3 saturated heterocycles. The predicted octanol–water partition coefficient (Wildman–Crippen LogP) is 3.48. The first kappa shape index (κ1) is 35.9. The van der Waals surface area contributed by atoms with E-state index in [1.54, 1.807) is 24.3 Å². The van der Waals surface area contributed by atoms with Crippen LogP contribution in [0.2, 0.25) is 5.15 Å². The minimum absolute atomic E-state index is 0.0841. The number of anilines is 1. The van der Waals surface area contributed by atoms with Crippen LogP contribution in [-0.4, -0.2) is 119 Å². The number of halogens is 1. The summed E-state index contributed by atoms with van der Waals surface area (Å²) in [4.78, 5) is 62.9. The molecule has 2 aromatic rings. The Morgan fingerprint density at radius 1 is 1.02 bits per heavy atom. The van der Waals surface area contributed by atoms with Gasteiger partial charge in [-0.25, -0.2) is 32.1 Å². The van der Waals surface area contributed by atoms with Crippen LogP contribution in [0.3, 0.4) is 0 Å². The molecule has 0 aliphatic carbocycles. The van der Waals surface area contributed by atoms with Crippen LogP contribution in [0.15, 0.2) is 29.3 Å². The van der Waals surface area contributed by atoms with E-state index in [0.717, 1.165) is 0 Å². The molecule has 3 fully saturated rings. The number of hydrogen-bond acceptors (Lipinski definition) is 8. The van der Waals surface area contributed by atoms with Crippen LogP contribution >= 0.6 is 11.6 Å². The number of amides is 4. The highest BCUT2D eigenvalue weighted by atomic mass is 35.5. The summed E-state index contributed by atoms with van der Waals surface area (Å²) in [6.45, 7) is 1.71. The smallest absolute Gasteiger partial charge is 0.434 e. The Morgan fingerprint density at radius 2 is 1.67 bits per heavy atom. The summed E-state index contributed by atoms with van der Waals surface area (Å²) in [6.07, 6.45) is 0.235. The molecule has 0 bridgehead atoms. The Hall–Kier alpha value is -4.42. The van der Waals surface area contributed by atoms with Gasteiger partial charge in [0.2, 0.25) is 21.9 Å². The molecule has 0 saturated carbocycles. The number of rotatable bonds is 6. The van der Waals surface area contributed by atoms with Crippen LogP contribution in [0.1, 0.15) is 44.0 Å². The Morgan fingerprint density at radius 3 is 2.24 bits per heavy atom. The van der Waals surface area contributed by atoms with Crippen LogP contribution in [0.25, 0.3) is 11.3 Å². The monoisotopic (exact) mass is 722 g/mol. The molecule has 3 aliphatic rings. The van der Waals surface area contributed by atoms with Gasteiger partial charge in [-0.15, -0.1) is 4.99 Å². The van der Waals surface area contributed by atoms with Gasteiger partial charge in [-0.3, -0.25) is 15.4 Å². The lowest BCUT2D eigenvalue weighted by Crippen LogP contribution is -2.49. The molecular weight excluding hydrogens is 684 g/mol. The van der Waals surface area contributed by atoms with Crippen LogP contribution in [0.4, 0.5) is 20.1 Å². The quantitative estimate of drug-likeness (QED) is 0.214. The summed E-state index contributed by atoms with van der Waals surface area (Å²) in [6, 6.07) is 6.44. The minimum Gasteiger partial charge on any atom is -0.465 e. The van der Waals surface area contributed by atoms with Gasteiger partial charge in [0.05, 0.1) is 19.4 Å². The third kappa shape index (κ3) is 8.60. The summed E-state index contributed by atoms with van der Waals surface area (Å²) in [5.74, 6) is -0.0359. The van der Waals surface area contributed by atoms with Gasteiger partial charge in [0.15, 0.2) is 0 Å². The van der Waals surface area contributed by atoms with E-state index in [4.69, 9.17) is 26.8 Å². The molecule has 49 heavy (non-hydrogen) atoms. The molecule has 19 heteroatoms. The third-order valence-electron chi connectivity index (χ3n) is 9.40. The van der Waals surface area contributed by atoms with E-state index in [0.29, 0.717) is 74.5 Å². The van der Waals surface area contributed by atoms with E-state index in [-0.39, 0.29) is 41.9 Å². The number of likely N-dealkylation sites (tertiary alicyclic amines) is 2. The fraction of sp³-hybridized carbons (Fsp3) is 0.533. The van der Waals surface area contributed by atoms with Crippen molar-refractivity contribution in [1.82, 2.24) is 29.4 Å². The van der Waals surface area contributed by atoms with Crippen molar-refractivity contribution in [2.75, 3.05) is 51.4 Å². The van der Waals surface area contributed by atoms with E-state index < -0.39 is 40.3 Å². The molecule has 0 spiro atoms. The van der Waals surface area contributed by atoms with Crippen molar-refractivity contribution in [3.05, 3.63) is 35.2 Å². The van der Waals surface area contributed by atoms with Gasteiger partial charge in [0.25, 0.3) is 0 Å². The largest absolute Gasteiger partial charge is 0.465 e. The number of aromatic nitrogens is 2. The molecule has 4 heterocycles. The normalized spacial score (nSPS) is 21.4. The van der Waals surface area contributed by atoms with Crippen LogP contribution in [0.5, 0.6) is 0 Å². The Bertz CT molecular complexity index is 1700. The number of piperidine rings is 2. The standard InChI is InChI=1S/C30H39ClN8O9S/c1-48-30(45)32-21-5-3-18(4-6-21)23-24(31)34-25(33-23)22-15-20(17-9-13-38(14-10-17)49(2,46)47)16-39(22)26(40)19-7-11-37(12-8-19)27(35-28(41)42)36-29(43)44/h3-6,17,19-20,22H,7-16H2,1-2H3,(H,32,45)(H,33,34)(H,35,36)(H,41,42)(H,43,44)/t20-,22-/m0/s1. The number of aromatic amines is 1. The second-order valence-electron chi connectivity index (χ2n) is 12.4. The number of carboxylic acid groups (broad SMARTS) is 2. The second-order valence-corrected chi connectivity index (χ2v) is 14.8. The fourth-order valence-corrected chi connectivity index (χ4v) is 8.05. The van der Waals surface area contributed by atoms with Crippen molar-refractivity contribution in [1.29, 1.82) is 0 Å². The summed E-state index contributed by atoms with van der Waals surface area (Å²) < 4.78 is 30.4. The lowest BCUT2D eigenvalue weighted by atomic mass is 9.83. The number of carbonyl (C=O) groups excluding carboxylic acids is 2. The number of aliphatic imine (C=N–C) groups is 1. The Labute approximate surface area is 287 Å². The summed E-state index contributed by atoms with van der Waals surface area (Å²) in [7, 11) is -2.03. The van der Waals surface area contributed by atoms with E-state index >= 15 is 0 Å². The average molecular weight is 723 g/mol. The number of imidazole rings is 1. The molecule has 5 N–H and O–H groups in total. The van der Waals surface area contributed by atoms with Crippen molar-refractivity contribution < 1.29 is 42.5 Å². The van der Waals surface area contributed by atoms with Gasteiger partial charge in [0, 0.05) is 49.9 Å². The molecule has 0 radical (unpaired) electrons. The van der Waals surface area contributed by atoms with Crippen LogP contribution in [-0.2, 0) is 19.6 Å². The van der Waals surface area contributed by atoms with Gasteiger partial charge in [-0.2, -0.15) is 0 Å². The Kier molecular flexibility index (Phi) is 11.0. The van der Waals surface area contributed by atoms with Gasteiger partial charge < -0.3 is 29.7 Å². The molecule has 5 rings (SSSR count). The molecule has 17 nitrogen and oxygen atoms in total. The maximum absolute atomic E-state index is 14.2.